The molecule has 2 heterocycles. The lowest BCUT2D eigenvalue weighted by Crippen LogP contribution is -2.08. The number of pyridine rings is 1. The van der Waals surface area contributed by atoms with Gasteiger partial charge in [0, 0.05) is 11.8 Å². The lowest BCUT2D eigenvalue weighted by Gasteiger charge is -2.10. The maximum Gasteiger partial charge on any atom is 0.356 e. The van der Waals surface area contributed by atoms with Crippen LogP contribution in [0.3, 0.4) is 0 Å². The Hall–Kier alpha value is -2.82. The summed E-state index contributed by atoms with van der Waals surface area (Å²) in [5.74, 6) is -0.405. The largest absolute Gasteiger partial charge is 0.461 e. The van der Waals surface area contributed by atoms with E-state index in [1.165, 1.54) is 6.20 Å². The molecule has 0 radical (unpaired) electrons. The molecule has 3 aromatic rings. The molecular weight excluding hydrogens is 278 g/mol. The van der Waals surface area contributed by atoms with Gasteiger partial charge in [-0.05, 0) is 31.0 Å². The summed E-state index contributed by atoms with van der Waals surface area (Å²) >= 11 is 0. The van der Waals surface area contributed by atoms with Crippen molar-refractivity contribution in [2.45, 2.75) is 13.8 Å². The maximum atomic E-state index is 11.9. The van der Waals surface area contributed by atoms with Crippen molar-refractivity contribution in [3.05, 3.63) is 54.0 Å². The molecule has 0 amide bonds. The van der Waals surface area contributed by atoms with Gasteiger partial charge in [-0.2, -0.15) is 0 Å². The highest BCUT2D eigenvalue weighted by Crippen LogP contribution is 2.31. The number of ether oxygens (including phenoxy) is 1. The lowest BCUT2D eigenvalue weighted by atomic mass is 10.0. The van der Waals surface area contributed by atoms with Crippen LogP contribution in [0.1, 0.15) is 23.0 Å². The van der Waals surface area contributed by atoms with Crippen molar-refractivity contribution in [1.29, 1.82) is 0 Å². The number of nitrogen functional groups attached to an aromatic ring is 1. The van der Waals surface area contributed by atoms with Crippen molar-refractivity contribution in [3.63, 3.8) is 0 Å². The molecule has 112 valence electrons. The number of imidazole rings is 1. The van der Waals surface area contributed by atoms with Crippen LogP contribution >= 0.6 is 0 Å². The Morgan fingerprint density at radius 1 is 1.27 bits per heavy atom. The zero-order valence-electron chi connectivity index (χ0n) is 12.5. The van der Waals surface area contributed by atoms with Gasteiger partial charge >= 0.3 is 5.97 Å². The average Bonchev–Trinajstić information content (AvgIpc) is 2.94. The van der Waals surface area contributed by atoms with Crippen molar-refractivity contribution >= 4 is 17.3 Å². The molecule has 0 aliphatic rings. The molecular formula is C17H17N3O2. The van der Waals surface area contributed by atoms with Crippen LogP contribution < -0.4 is 5.73 Å². The summed E-state index contributed by atoms with van der Waals surface area (Å²) in [6.07, 6.45) is 3.29. The fourth-order valence-corrected chi connectivity index (χ4v) is 2.54. The van der Waals surface area contributed by atoms with Gasteiger partial charge in [0.05, 0.1) is 18.5 Å². The molecule has 5 nitrogen and oxygen atoms in total. The number of hydrogen-bond acceptors (Lipinski definition) is 4. The molecule has 0 atom stereocenters. The number of aryl methyl sites for hydroxylation is 1. The van der Waals surface area contributed by atoms with E-state index in [0.717, 1.165) is 16.7 Å². The summed E-state index contributed by atoms with van der Waals surface area (Å²) in [6.45, 7) is 4.13. The number of esters is 1. The number of nitrogens with two attached hydrogens (primary N) is 1. The summed E-state index contributed by atoms with van der Waals surface area (Å²) < 4.78 is 6.69. The van der Waals surface area contributed by atoms with Crippen molar-refractivity contribution in [3.8, 4) is 11.1 Å². The third-order valence-electron chi connectivity index (χ3n) is 3.64. The fraction of sp³-hybridized carbons (Fsp3) is 0.176. The van der Waals surface area contributed by atoms with Crippen LogP contribution in [0.25, 0.3) is 16.8 Å². The summed E-state index contributed by atoms with van der Waals surface area (Å²) in [6, 6.07) is 9.92. The van der Waals surface area contributed by atoms with Gasteiger partial charge in [-0.3, -0.25) is 4.40 Å². The molecule has 0 saturated carbocycles. The Labute approximate surface area is 128 Å². The number of carbonyl (C=O) groups excluding carboxylic acids is 1. The normalized spacial score (nSPS) is 10.8. The minimum absolute atomic E-state index is 0.322. The van der Waals surface area contributed by atoms with E-state index in [4.69, 9.17) is 10.5 Å². The predicted molar refractivity (Wildman–Crippen MR) is 85.7 cm³/mol. The predicted octanol–water partition coefficient (Wildman–Crippen LogP) is 3.07. The molecule has 5 heteroatoms. The zero-order valence-corrected chi connectivity index (χ0v) is 12.5. The summed E-state index contributed by atoms with van der Waals surface area (Å²) in [7, 11) is 0. The van der Waals surface area contributed by atoms with E-state index < -0.39 is 5.97 Å². The summed E-state index contributed by atoms with van der Waals surface area (Å²) in [4.78, 5) is 16.2. The number of hydrogen-bond donors (Lipinski definition) is 1. The monoisotopic (exact) mass is 295 g/mol. The van der Waals surface area contributed by atoms with E-state index in [9.17, 15) is 4.79 Å². The van der Waals surface area contributed by atoms with Crippen molar-refractivity contribution in [2.75, 3.05) is 12.3 Å². The van der Waals surface area contributed by atoms with Crippen LogP contribution in [0.2, 0.25) is 0 Å². The van der Waals surface area contributed by atoms with Crippen LogP contribution in [-0.2, 0) is 4.74 Å². The molecule has 3 rings (SSSR count). The first-order valence-electron chi connectivity index (χ1n) is 7.12. The van der Waals surface area contributed by atoms with Gasteiger partial charge in [0.15, 0.2) is 11.3 Å². The number of carbonyl (C=O) groups is 1. The Morgan fingerprint density at radius 2 is 2.05 bits per heavy atom. The first-order valence-corrected chi connectivity index (χ1v) is 7.12. The summed E-state index contributed by atoms with van der Waals surface area (Å²) in [5, 5.41) is 0. The maximum absolute atomic E-state index is 11.9. The number of fused-ring (bicyclic) bond motifs is 1. The number of rotatable bonds is 3. The number of benzene rings is 1. The smallest absolute Gasteiger partial charge is 0.356 e. The minimum atomic E-state index is -0.405. The molecule has 2 N–H and O–H groups in total. The zero-order chi connectivity index (χ0) is 15.7. The van der Waals surface area contributed by atoms with Gasteiger partial charge in [0.1, 0.15) is 0 Å². The molecule has 0 saturated heterocycles. The Kier molecular flexibility index (Phi) is 3.55. The topological polar surface area (TPSA) is 69.6 Å². The Balaban J connectivity index is 2.16. The first kappa shape index (κ1) is 14.1. The summed E-state index contributed by atoms with van der Waals surface area (Å²) in [5.41, 5.74) is 10.9. The van der Waals surface area contributed by atoms with Gasteiger partial charge in [-0.25, -0.2) is 9.78 Å². The Morgan fingerprint density at radius 3 is 2.77 bits per heavy atom. The number of aromatic nitrogens is 2. The van der Waals surface area contributed by atoms with E-state index in [0.29, 0.717) is 23.6 Å². The van der Waals surface area contributed by atoms with Crippen molar-refractivity contribution < 1.29 is 9.53 Å². The van der Waals surface area contributed by atoms with Gasteiger partial charge in [-0.15, -0.1) is 0 Å². The lowest BCUT2D eigenvalue weighted by molar-refractivity contribution is 0.0518. The van der Waals surface area contributed by atoms with E-state index in [1.807, 2.05) is 37.3 Å². The standard InChI is InChI=1S/C17H17N3O2/c1-3-22-17(21)14-10-19-16-15(18)13(8-9-20(14)16)12-7-5-4-6-11(12)2/h4-10H,3,18H2,1-2H3. The van der Waals surface area contributed by atoms with Gasteiger partial charge < -0.3 is 10.5 Å². The fourth-order valence-electron chi connectivity index (χ4n) is 2.54. The molecule has 0 aliphatic heterocycles. The van der Waals surface area contributed by atoms with Gasteiger partial charge in [-0.1, -0.05) is 24.3 Å². The van der Waals surface area contributed by atoms with Crippen LogP contribution in [0.4, 0.5) is 5.69 Å². The molecule has 1 aromatic carbocycles. The highest BCUT2D eigenvalue weighted by Gasteiger charge is 2.16. The third kappa shape index (κ3) is 2.20. The van der Waals surface area contributed by atoms with Crippen LogP contribution in [0.5, 0.6) is 0 Å². The van der Waals surface area contributed by atoms with Crippen LogP contribution in [0, 0.1) is 6.92 Å². The molecule has 0 fully saturated rings. The van der Waals surface area contributed by atoms with Crippen molar-refractivity contribution in [1.82, 2.24) is 9.38 Å². The Bertz CT molecular complexity index is 852. The highest BCUT2D eigenvalue weighted by atomic mass is 16.5. The molecule has 0 unspecified atom stereocenters. The average molecular weight is 295 g/mol. The molecule has 2 aromatic heterocycles. The van der Waals surface area contributed by atoms with E-state index >= 15 is 0 Å². The van der Waals surface area contributed by atoms with Gasteiger partial charge in [0.25, 0.3) is 0 Å². The minimum Gasteiger partial charge on any atom is -0.461 e. The van der Waals surface area contributed by atoms with Crippen LogP contribution in [-0.4, -0.2) is 22.0 Å². The third-order valence-corrected chi connectivity index (χ3v) is 3.64. The number of anilines is 1. The SMILES string of the molecule is CCOC(=O)c1cnc2c(N)c(-c3ccccc3C)ccn12. The first-order chi connectivity index (χ1) is 10.6. The van der Waals surface area contributed by atoms with Crippen LogP contribution in [0.15, 0.2) is 42.7 Å². The van der Waals surface area contributed by atoms with E-state index in [-0.39, 0.29) is 0 Å². The second kappa shape index (κ2) is 5.52. The molecule has 0 bridgehead atoms. The quantitative estimate of drug-likeness (QED) is 0.754. The van der Waals surface area contributed by atoms with Gasteiger partial charge in [0.2, 0.25) is 0 Å². The van der Waals surface area contributed by atoms with E-state index in [2.05, 4.69) is 4.98 Å². The van der Waals surface area contributed by atoms with E-state index in [1.54, 1.807) is 17.5 Å². The van der Waals surface area contributed by atoms with Crippen molar-refractivity contribution in [2.24, 2.45) is 0 Å². The highest BCUT2D eigenvalue weighted by molar-refractivity contribution is 5.92. The second-order valence-corrected chi connectivity index (χ2v) is 5.02. The number of nitrogens with zero attached hydrogens (tertiary/aromatic N) is 2. The second-order valence-electron chi connectivity index (χ2n) is 5.02. The molecule has 0 spiro atoms. The molecule has 22 heavy (non-hydrogen) atoms. The molecule has 0 aliphatic carbocycles.